The average Bonchev–Trinajstić information content (AvgIpc) is 3.04. The maximum atomic E-state index is 6.47. The molecule has 0 radical (unpaired) electrons. The van der Waals surface area contributed by atoms with Gasteiger partial charge in [0.15, 0.2) is 0 Å². The Morgan fingerprint density at radius 2 is 1.22 bits per heavy atom. The van der Waals surface area contributed by atoms with Crippen LogP contribution in [0.4, 0.5) is 5.69 Å². The molecule has 0 saturated carbocycles. The molecule has 0 saturated heterocycles. The van der Waals surface area contributed by atoms with Crippen LogP contribution < -0.4 is 5.73 Å². The largest absolute Gasteiger partial charge is 0.398 e. The average molecular weight is 299 g/mol. The molecule has 0 amide bonds. The van der Waals surface area contributed by atoms with Crippen molar-refractivity contribution in [3.63, 3.8) is 0 Å². The van der Waals surface area contributed by atoms with E-state index in [1.165, 1.54) is 47.1 Å². The second-order valence-corrected chi connectivity index (χ2v) is 6.36. The fraction of sp³-hybridized carbons (Fsp3) is 0.182. The summed E-state index contributed by atoms with van der Waals surface area (Å²) in [6.45, 7) is 0. The molecule has 1 heteroatoms. The second-order valence-electron chi connectivity index (χ2n) is 6.36. The predicted molar refractivity (Wildman–Crippen MR) is 96.7 cm³/mol. The lowest BCUT2D eigenvalue weighted by molar-refractivity contribution is 0.910. The molecule has 3 aromatic carbocycles. The van der Waals surface area contributed by atoms with Gasteiger partial charge in [0.25, 0.3) is 0 Å². The predicted octanol–water partition coefficient (Wildman–Crippen LogP) is 4.94. The number of nitrogen functional groups attached to an aromatic ring is 1. The van der Waals surface area contributed by atoms with Crippen molar-refractivity contribution in [2.24, 2.45) is 0 Å². The highest BCUT2D eigenvalue weighted by Crippen LogP contribution is 2.38. The third kappa shape index (κ3) is 2.63. The Bertz CT molecular complexity index is 767. The van der Waals surface area contributed by atoms with Crippen LogP contribution in [-0.2, 0) is 12.8 Å². The molecule has 4 rings (SSSR count). The molecular weight excluding hydrogens is 278 g/mol. The van der Waals surface area contributed by atoms with Gasteiger partial charge in [0.05, 0.1) is 0 Å². The van der Waals surface area contributed by atoms with E-state index in [0.29, 0.717) is 0 Å². The molecule has 1 nitrogen and oxygen atoms in total. The van der Waals surface area contributed by atoms with Crippen LogP contribution in [0.5, 0.6) is 0 Å². The summed E-state index contributed by atoms with van der Waals surface area (Å²) >= 11 is 0. The molecule has 0 fully saturated rings. The number of hydrogen-bond donors (Lipinski definition) is 1. The van der Waals surface area contributed by atoms with Gasteiger partial charge in [-0.15, -0.1) is 0 Å². The van der Waals surface area contributed by atoms with Crippen LogP contribution in [0.15, 0.2) is 72.8 Å². The Morgan fingerprint density at radius 3 is 1.78 bits per heavy atom. The summed E-state index contributed by atoms with van der Waals surface area (Å²) in [4.78, 5) is 0. The van der Waals surface area contributed by atoms with Gasteiger partial charge in [0.2, 0.25) is 0 Å². The van der Waals surface area contributed by atoms with E-state index in [4.69, 9.17) is 5.73 Å². The van der Waals surface area contributed by atoms with Crippen LogP contribution >= 0.6 is 0 Å². The van der Waals surface area contributed by atoms with E-state index in [-0.39, 0.29) is 5.92 Å². The summed E-state index contributed by atoms with van der Waals surface area (Å²) < 4.78 is 0. The molecule has 1 aliphatic carbocycles. The minimum Gasteiger partial charge on any atom is -0.398 e. The maximum Gasteiger partial charge on any atom is 0.0360 e. The fourth-order valence-electron chi connectivity index (χ4n) is 3.75. The number of fused-ring (bicyclic) bond motifs is 1. The van der Waals surface area contributed by atoms with E-state index in [2.05, 4.69) is 72.8 Å². The smallest absolute Gasteiger partial charge is 0.0360 e. The molecule has 0 bridgehead atoms. The van der Waals surface area contributed by atoms with Gasteiger partial charge in [0.1, 0.15) is 0 Å². The highest BCUT2D eigenvalue weighted by Gasteiger charge is 2.22. The molecule has 0 atom stereocenters. The highest BCUT2D eigenvalue weighted by atomic mass is 14.6. The van der Waals surface area contributed by atoms with Crippen molar-refractivity contribution < 1.29 is 0 Å². The number of aryl methyl sites for hydroxylation is 2. The zero-order valence-corrected chi connectivity index (χ0v) is 13.2. The normalized spacial score (nSPS) is 13.3. The van der Waals surface area contributed by atoms with Gasteiger partial charge in [-0.2, -0.15) is 0 Å². The van der Waals surface area contributed by atoms with Crippen molar-refractivity contribution >= 4 is 5.69 Å². The summed E-state index contributed by atoms with van der Waals surface area (Å²) in [6.07, 6.45) is 3.60. The van der Waals surface area contributed by atoms with Crippen LogP contribution in [0.3, 0.4) is 0 Å². The minimum atomic E-state index is 0.198. The fourth-order valence-corrected chi connectivity index (χ4v) is 3.75. The van der Waals surface area contributed by atoms with Crippen LogP contribution in [0.25, 0.3) is 0 Å². The number of rotatable bonds is 3. The first-order valence-corrected chi connectivity index (χ1v) is 8.34. The van der Waals surface area contributed by atoms with Crippen LogP contribution in [0.2, 0.25) is 0 Å². The lowest BCUT2D eigenvalue weighted by Gasteiger charge is -2.21. The van der Waals surface area contributed by atoms with E-state index < -0.39 is 0 Å². The van der Waals surface area contributed by atoms with E-state index >= 15 is 0 Å². The Hall–Kier alpha value is -2.54. The second kappa shape index (κ2) is 5.92. The van der Waals surface area contributed by atoms with Gasteiger partial charge in [-0.3, -0.25) is 0 Å². The van der Waals surface area contributed by atoms with Gasteiger partial charge in [-0.1, -0.05) is 66.7 Å². The van der Waals surface area contributed by atoms with Gasteiger partial charge >= 0.3 is 0 Å². The Morgan fingerprint density at radius 1 is 0.696 bits per heavy atom. The zero-order valence-electron chi connectivity index (χ0n) is 13.2. The van der Waals surface area contributed by atoms with E-state index in [1.54, 1.807) is 0 Å². The van der Waals surface area contributed by atoms with Crippen LogP contribution in [-0.4, -0.2) is 0 Å². The number of benzene rings is 3. The number of anilines is 1. The summed E-state index contributed by atoms with van der Waals surface area (Å²) in [7, 11) is 0. The highest BCUT2D eigenvalue weighted by molar-refractivity contribution is 5.60. The van der Waals surface area contributed by atoms with Crippen LogP contribution in [0, 0.1) is 0 Å². The first-order chi connectivity index (χ1) is 11.3. The standard InChI is InChI=1S/C22H21N/c23-21-15-19-13-7-12-18(19)14-20(21)22(16-8-3-1-4-9-16)17-10-5-2-6-11-17/h1-6,8-11,14-15,22H,7,12-13,23H2. The molecule has 3 aromatic rings. The first-order valence-electron chi connectivity index (χ1n) is 8.34. The molecule has 0 aromatic heterocycles. The van der Waals surface area contributed by atoms with Crippen molar-refractivity contribution in [2.75, 3.05) is 5.73 Å². The molecule has 2 N–H and O–H groups in total. The Kier molecular flexibility index (Phi) is 3.63. The molecule has 0 heterocycles. The molecule has 0 unspecified atom stereocenters. The monoisotopic (exact) mass is 299 g/mol. The van der Waals surface area contributed by atoms with Crippen LogP contribution in [0.1, 0.15) is 40.2 Å². The van der Waals surface area contributed by atoms with E-state index in [1.807, 2.05) is 0 Å². The third-order valence-corrected chi connectivity index (χ3v) is 4.87. The lowest BCUT2D eigenvalue weighted by Crippen LogP contribution is -2.07. The zero-order chi connectivity index (χ0) is 15.6. The molecule has 114 valence electrons. The summed E-state index contributed by atoms with van der Waals surface area (Å²) in [5.74, 6) is 0.198. The lowest BCUT2D eigenvalue weighted by atomic mass is 9.83. The molecular formula is C22H21N. The number of nitrogens with two attached hydrogens (primary N) is 1. The van der Waals surface area contributed by atoms with Crippen molar-refractivity contribution in [3.8, 4) is 0 Å². The molecule has 1 aliphatic rings. The Labute approximate surface area is 137 Å². The van der Waals surface area contributed by atoms with Crippen molar-refractivity contribution in [2.45, 2.75) is 25.2 Å². The van der Waals surface area contributed by atoms with Gasteiger partial charge in [0, 0.05) is 11.6 Å². The van der Waals surface area contributed by atoms with E-state index in [9.17, 15) is 0 Å². The van der Waals surface area contributed by atoms with Gasteiger partial charge in [-0.25, -0.2) is 0 Å². The minimum absolute atomic E-state index is 0.198. The summed E-state index contributed by atoms with van der Waals surface area (Å²) in [5.41, 5.74) is 14.1. The van der Waals surface area contributed by atoms with Gasteiger partial charge < -0.3 is 5.73 Å². The third-order valence-electron chi connectivity index (χ3n) is 4.87. The first kappa shape index (κ1) is 14.1. The van der Waals surface area contributed by atoms with E-state index in [0.717, 1.165) is 5.69 Å². The molecule has 23 heavy (non-hydrogen) atoms. The summed E-state index contributed by atoms with van der Waals surface area (Å²) in [6, 6.07) is 25.9. The van der Waals surface area contributed by atoms with Crippen molar-refractivity contribution in [1.82, 2.24) is 0 Å². The summed E-state index contributed by atoms with van der Waals surface area (Å²) in [5, 5.41) is 0. The quantitative estimate of drug-likeness (QED) is 0.538. The molecule has 0 spiro atoms. The SMILES string of the molecule is Nc1cc2c(cc1C(c1ccccc1)c1ccccc1)CCC2. The Balaban J connectivity index is 1.90. The van der Waals surface area contributed by atoms with Crippen molar-refractivity contribution in [1.29, 1.82) is 0 Å². The van der Waals surface area contributed by atoms with Crippen molar-refractivity contribution in [3.05, 3.63) is 101 Å². The topological polar surface area (TPSA) is 26.0 Å². The van der Waals surface area contributed by atoms with Gasteiger partial charge in [-0.05, 0) is 53.1 Å². The maximum absolute atomic E-state index is 6.47. The molecule has 0 aliphatic heterocycles. The number of hydrogen-bond acceptors (Lipinski definition) is 1.